The fourth-order valence-electron chi connectivity index (χ4n) is 2.17. The summed E-state index contributed by atoms with van der Waals surface area (Å²) in [6, 6.07) is 9.45. The maximum absolute atomic E-state index is 12.4. The third kappa shape index (κ3) is 3.80. The van der Waals surface area contributed by atoms with E-state index in [1.807, 2.05) is 30.3 Å². The largest absolute Gasteiger partial charge is 0.465 e. The van der Waals surface area contributed by atoms with Crippen molar-refractivity contribution in [2.24, 2.45) is 11.8 Å². The molecule has 20 heavy (non-hydrogen) atoms. The predicted octanol–water partition coefficient (Wildman–Crippen LogP) is 3.36. The zero-order chi connectivity index (χ0) is 15.1. The molecular formula is C17H22O3. The van der Waals surface area contributed by atoms with Crippen LogP contribution >= 0.6 is 0 Å². The summed E-state index contributed by atoms with van der Waals surface area (Å²) in [4.78, 5) is 24.6. The van der Waals surface area contributed by atoms with E-state index in [9.17, 15) is 9.59 Å². The number of Topliss-reactive ketones (excluding diaryl/α,β-unsaturated/α-hetero) is 1. The van der Waals surface area contributed by atoms with Crippen LogP contribution in [0.25, 0.3) is 0 Å². The number of benzene rings is 1. The number of allylic oxidation sites excluding steroid dienone is 1. The minimum absolute atomic E-state index is 0.114. The van der Waals surface area contributed by atoms with Crippen molar-refractivity contribution >= 4 is 11.8 Å². The van der Waals surface area contributed by atoms with Crippen LogP contribution in [-0.4, -0.2) is 18.4 Å². The number of hydrogen-bond acceptors (Lipinski definition) is 3. The topological polar surface area (TPSA) is 43.4 Å². The summed E-state index contributed by atoms with van der Waals surface area (Å²) in [6.45, 7) is 9.36. The quantitative estimate of drug-likeness (QED) is 0.435. The molecule has 1 aromatic carbocycles. The van der Waals surface area contributed by atoms with Crippen molar-refractivity contribution in [1.29, 1.82) is 0 Å². The first-order valence-electron chi connectivity index (χ1n) is 6.90. The normalized spacial score (nSPS) is 13.6. The second kappa shape index (κ2) is 7.63. The van der Waals surface area contributed by atoms with Gasteiger partial charge in [-0.05, 0) is 12.5 Å². The van der Waals surface area contributed by atoms with Crippen LogP contribution in [0.1, 0.15) is 32.3 Å². The Kier molecular flexibility index (Phi) is 6.16. The second-order valence-corrected chi connectivity index (χ2v) is 4.96. The summed E-state index contributed by atoms with van der Waals surface area (Å²) in [5.41, 5.74) is 0.898. The van der Waals surface area contributed by atoms with Crippen molar-refractivity contribution in [2.45, 2.75) is 26.7 Å². The Morgan fingerprint density at radius 2 is 1.85 bits per heavy atom. The molecule has 0 spiro atoms. The molecule has 0 aliphatic rings. The minimum atomic E-state index is -0.824. The van der Waals surface area contributed by atoms with E-state index in [1.165, 1.54) is 0 Å². The molecule has 0 aliphatic carbocycles. The van der Waals surface area contributed by atoms with Gasteiger partial charge >= 0.3 is 5.97 Å². The number of carbonyl (C=O) groups excluding carboxylic acids is 2. The molecule has 108 valence electrons. The number of rotatable bonds is 7. The molecule has 3 nitrogen and oxygen atoms in total. The molecule has 0 saturated heterocycles. The Morgan fingerprint density at radius 1 is 1.25 bits per heavy atom. The first kappa shape index (κ1) is 16.2. The van der Waals surface area contributed by atoms with Crippen molar-refractivity contribution < 1.29 is 14.3 Å². The highest BCUT2D eigenvalue weighted by atomic mass is 16.5. The van der Waals surface area contributed by atoms with Gasteiger partial charge in [-0.1, -0.05) is 50.3 Å². The van der Waals surface area contributed by atoms with Crippen LogP contribution in [0.4, 0.5) is 0 Å². The van der Waals surface area contributed by atoms with E-state index in [0.717, 1.165) is 5.56 Å². The van der Waals surface area contributed by atoms with Crippen molar-refractivity contribution in [2.75, 3.05) is 6.61 Å². The molecule has 0 bridgehead atoms. The van der Waals surface area contributed by atoms with Gasteiger partial charge in [0.2, 0.25) is 0 Å². The third-order valence-corrected chi connectivity index (χ3v) is 3.21. The van der Waals surface area contributed by atoms with Crippen molar-refractivity contribution in [1.82, 2.24) is 0 Å². The molecule has 2 unspecified atom stereocenters. The predicted molar refractivity (Wildman–Crippen MR) is 79.3 cm³/mol. The molecule has 0 heterocycles. The van der Waals surface area contributed by atoms with Crippen LogP contribution in [0.5, 0.6) is 0 Å². The van der Waals surface area contributed by atoms with Crippen LogP contribution in [0, 0.1) is 11.8 Å². The number of ether oxygens (including phenoxy) is 1. The zero-order valence-corrected chi connectivity index (χ0v) is 12.3. The maximum Gasteiger partial charge on any atom is 0.317 e. The zero-order valence-electron chi connectivity index (χ0n) is 12.3. The lowest BCUT2D eigenvalue weighted by molar-refractivity contribution is -0.152. The summed E-state index contributed by atoms with van der Waals surface area (Å²) in [5.74, 6) is -1.99. The highest BCUT2D eigenvalue weighted by molar-refractivity contribution is 6.01. The smallest absolute Gasteiger partial charge is 0.317 e. The van der Waals surface area contributed by atoms with Crippen LogP contribution in [0.15, 0.2) is 43.0 Å². The van der Waals surface area contributed by atoms with E-state index in [0.29, 0.717) is 0 Å². The van der Waals surface area contributed by atoms with Crippen molar-refractivity contribution in [3.63, 3.8) is 0 Å². The van der Waals surface area contributed by atoms with Gasteiger partial charge in [-0.25, -0.2) is 0 Å². The van der Waals surface area contributed by atoms with Crippen LogP contribution in [0.2, 0.25) is 0 Å². The summed E-state index contributed by atoms with van der Waals surface area (Å²) < 4.78 is 5.07. The van der Waals surface area contributed by atoms with Gasteiger partial charge in [0, 0.05) is 11.8 Å². The molecule has 1 rings (SSSR count). The molecule has 0 saturated carbocycles. The summed E-state index contributed by atoms with van der Waals surface area (Å²) in [7, 11) is 0. The van der Waals surface area contributed by atoms with Gasteiger partial charge in [-0.3, -0.25) is 9.59 Å². The molecule has 0 N–H and O–H groups in total. The molecule has 0 radical (unpaired) electrons. The van der Waals surface area contributed by atoms with Crippen LogP contribution in [-0.2, 0) is 14.3 Å². The van der Waals surface area contributed by atoms with E-state index in [-0.39, 0.29) is 24.2 Å². The standard InChI is InChI=1S/C17H22O3/c1-5-14(13-10-8-7-9-11-13)15(16(18)12(3)4)17(19)20-6-2/h5,7-12,14-15H,1,6H2,2-4H3. The molecular weight excluding hydrogens is 252 g/mol. The Morgan fingerprint density at radius 3 is 2.30 bits per heavy atom. The van der Waals surface area contributed by atoms with Gasteiger partial charge < -0.3 is 4.74 Å². The maximum atomic E-state index is 12.4. The van der Waals surface area contributed by atoms with E-state index < -0.39 is 11.9 Å². The molecule has 0 fully saturated rings. The molecule has 0 aliphatic heterocycles. The Labute approximate surface area is 120 Å². The van der Waals surface area contributed by atoms with Gasteiger partial charge in [0.25, 0.3) is 0 Å². The van der Waals surface area contributed by atoms with Gasteiger partial charge in [0.15, 0.2) is 5.78 Å². The Balaban J connectivity index is 3.16. The van der Waals surface area contributed by atoms with E-state index in [1.54, 1.807) is 26.8 Å². The molecule has 2 atom stereocenters. The highest BCUT2D eigenvalue weighted by Gasteiger charge is 2.36. The summed E-state index contributed by atoms with van der Waals surface area (Å²) in [6.07, 6.45) is 1.65. The van der Waals surface area contributed by atoms with Gasteiger partial charge in [-0.15, -0.1) is 6.58 Å². The highest BCUT2D eigenvalue weighted by Crippen LogP contribution is 2.29. The number of hydrogen-bond donors (Lipinski definition) is 0. The molecule has 3 heteroatoms. The minimum Gasteiger partial charge on any atom is -0.465 e. The number of carbonyl (C=O) groups is 2. The van der Waals surface area contributed by atoms with Gasteiger partial charge in [0.05, 0.1) is 6.61 Å². The Hall–Kier alpha value is -1.90. The fourth-order valence-corrected chi connectivity index (χ4v) is 2.17. The first-order valence-corrected chi connectivity index (χ1v) is 6.90. The SMILES string of the molecule is C=CC(c1ccccc1)C(C(=O)OCC)C(=O)C(C)C. The average Bonchev–Trinajstić information content (AvgIpc) is 2.44. The van der Waals surface area contributed by atoms with Crippen molar-refractivity contribution in [3.05, 3.63) is 48.6 Å². The Bertz CT molecular complexity index is 462. The molecule has 1 aromatic rings. The fraction of sp³-hybridized carbons (Fsp3) is 0.412. The van der Waals surface area contributed by atoms with Gasteiger partial charge in [-0.2, -0.15) is 0 Å². The average molecular weight is 274 g/mol. The van der Waals surface area contributed by atoms with E-state index in [2.05, 4.69) is 6.58 Å². The lowest BCUT2D eigenvalue weighted by Crippen LogP contribution is -2.33. The monoisotopic (exact) mass is 274 g/mol. The van der Waals surface area contributed by atoms with Crippen LogP contribution < -0.4 is 0 Å². The number of ketones is 1. The second-order valence-electron chi connectivity index (χ2n) is 4.96. The van der Waals surface area contributed by atoms with Crippen LogP contribution in [0.3, 0.4) is 0 Å². The molecule has 0 aromatic heterocycles. The third-order valence-electron chi connectivity index (χ3n) is 3.21. The summed E-state index contributed by atoms with van der Waals surface area (Å²) in [5, 5.41) is 0. The van der Waals surface area contributed by atoms with Crippen molar-refractivity contribution in [3.8, 4) is 0 Å². The van der Waals surface area contributed by atoms with E-state index >= 15 is 0 Å². The lowest BCUT2D eigenvalue weighted by atomic mass is 9.80. The van der Waals surface area contributed by atoms with Gasteiger partial charge in [0.1, 0.15) is 5.92 Å². The molecule has 0 amide bonds. The summed E-state index contributed by atoms with van der Waals surface area (Å²) >= 11 is 0. The number of esters is 1. The lowest BCUT2D eigenvalue weighted by Gasteiger charge is -2.23. The van der Waals surface area contributed by atoms with E-state index in [4.69, 9.17) is 4.74 Å². The first-order chi connectivity index (χ1) is 9.52.